The van der Waals surface area contributed by atoms with Crippen molar-refractivity contribution >= 4 is 12.0 Å². The largest absolute Gasteiger partial charge is 0.463 e. The number of esters is 1. The van der Waals surface area contributed by atoms with E-state index in [1.807, 2.05) is 6.08 Å². The number of benzene rings is 1. The lowest BCUT2D eigenvalue weighted by Crippen LogP contribution is -1.99. The van der Waals surface area contributed by atoms with E-state index in [9.17, 15) is 4.79 Å². The zero-order valence-electron chi connectivity index (χ0n) is 11.7. The summed E-state index contributed by atoms with van der Waals surface area (Å²) in [6, 6.07) is 6.39. The molecule has 1 aromatic carbocycles. The van der Waals surface area contributed by atoms with Gasteiger partial charge in [-0.15, -0.1) is 0 Å². The molecule has 0 spiro atoms. The standard InChI is InChI=1S/C16H22O2/c1-5-18-16(17)7-6-14-9-13(4)10-15(11-14)8-12(2)3/h6-7,9-12H,5,8H2,1-4H3/b7-6+. The molecule has 0 fully saturated rings. The number of hydrogen-bond donors (Lipinski definition) is 0. The second kappa shape index (κ2) is 7.00. The molecule has 0 atom stereocenters. The van der Waals surface area contributed by atoms with Crippen molar-refractivity contribution in [3.63, 3.8) is 0 Å². The molecular weight excluding hydrogens is 224 g/mol. The fourth-order valence-electron chi connectivity index (χ4n) is 1.93. The van der Waals surface area contributed by atoms with E-state index < -0.39 is 0 Å². The molecule has 0 heterocycles. The minimum absolute atomic E-state index is 0.288. The van der Waals surface area contributed by atoms with Crippen LogP contribution < -0.4 is 0 Å². The average molecular weight is 246 g/mol. The van der Waals surface area contributed by atoms with E-state index in [2.05, 4.69) is 39.0 Å². The fourth-order valence-corrected chi connectivity index (χ4v) is 1.93. The van der Waals surface area contributed by atoms with Crippen molar-refractivity contribution in [2.24, 2.45) is 5.92 Å². The minimum Gasteiger partial charge on any atom is -0.463 e. The lowest BCUT2D eigenvalue weighted by atomic mass is 9.98. The van der Waals surface area contributed by atoms with Crippen LogP contribution in [0.3, 0.4) is 0 Å². The highest BCUT2D eigenvalue weighted by Gasteiger charge is 2.01. The van der Waals surface area contributed by atoms with Crippen molar-refractivity contribution in [1.82, 2.24) is 0 Å². The van der Waals surface area contributed by atoms with Gasteiger partial charge in [0.05, 0.1) is 6.61 Å². The van der Waals surface area contributed by atoms with Gasteiger partial charge in [-0.2, -0.15) is 0 Å². The van der Waals surface area contributed by atoms with Crippen LogP contribution in [0, 0.1) is 12.8 Å². The highest BCUT2D eigenvalue weighted by atomic mass is 16.5. The van der Waals surface area contributed by atoms with E-state index in [1.54, 1.807) is 6.92 Å². The highest BCUT2D eigenvalue weighted by Crippen LogP contribution is 2.15. The Morgan fingerprint density at radius 3 is 2.67 bits per heavy atom. The van der Waals surface area contributed by atoms with E-state index in [-0.39, 0.29) is 5.97 Å². The third-order valence-electron chi connectivity index (χ3n) is 2.50. The molecule has 1 rings (SSSR count). The van der Waals surface area contributed by atoms with Crippen LogP contribution in [0.5, 0.6) is 0 Å². The maximum atomic E-state index is 11.3. The summed E-state index contributed by atoms with van der Waals surface area (Å²) in [5.74, 6) is 0.345. The predicted octanol–water partition coefficient (Wildman–Crippen LogP) is 3.77. The summed E-state index contributed by atoms with van der Waals surface area (Å²) in [7, 11) is 0. The summed E-state index contributed by atoms with van der Waals surface area (Å²) in [6.07, 6.45) is 4.36. The van der Waals surface area contributed by atoms with Crippen molar-refractivity contribution in [3.05, 3.63) is 41.0 Å². The zero-order valence-corrected chi connectivity index (χ0v) is 11.7. The molecular formula is C16H22O2. The van der Waals surface area contributed by atoms with Crippen LogP contribution in [0.1, 0.15) is 37.5 Å². The molecule has 0 aromatic heterocycles. The van der Waals surface area contributed by atoms with Crippen LogP contribution in [0.2, 0.25) is 0 Å². The van der Waals surface area contributed by atoms with Crippen LogP contribution in [0.15, 0.2) is 24.3 Å². The molecule has 0 amide bonds. The summed E-state index contributed by atoms with van der Waals surface area (Å²) in [4.78, 5) is 11.3. The molecule has 0 saturated heterocycles. The van der Waals surface area contributed by atoms with Gasteiger partial charge in [0.1, 0.15) is 0 Å². The Bertz CT molecular complexity index is 431. The lowest BCUT2D eigenvalue weighted by molar-refractivity contribution is -0.137. The van der Waals surface area contributed by atoms with Crippen LogP contribution in [0.4, 0.5) is 0 Å². The maximum Gasteiger partial charge on any atom is 0.330 e. The number of carbonyl (C=O) groups is 1. The van der Waals surface area contributed by atoms with Crippen LogP contribution >= 0.6 is 0 Å². The Kier molecular flexibility index (Phi) is 5.63. The van der Waals surface area contributed by atoms with E-state index in [0.29, 0.717) is 12.5 Å². The fraction of sp³-hybridized carbons (Fsp3) is 0.438. The van der Waals surface area contributed by atoms with E-state index >= 15 is 0 Å². The zero-order chi connectivity index (χ0) is 13.5. The molecule has 18 heavy (non-hydrogen) atoms. The summed E-state index contributed by atoms with van der Waals surface area (Å²) in [6.45, 7) is 8.70. The van der Waals surface area contributed by atoms with Crippen LogP contribution in [-0.4, -0.2) is 12.6 Å². The van der Waals surface area contributed by atoms with Gasteiger partial charge in [-0.25, -0.2) is 4.79 Å². The molecule has 0 aliphatic heterocycles. The van der Waals surface area contributed by atoms with Crippen molar-refractivity contribution in [2.45, 2.75) is 34.1 Å². The van der Waals surface area contributed by atoms with Gasteiger partial charge < -0.3 is 4.74 Å². The van der Waals surface area contributed by atoms with E-state index in [1.165, 1.54) is 17.2 Å². The summed E-state index contributed by atoms with van der Waals surface area (Å²) in [5, 5.41) is 0. The summed E-state index contributed by atoms with van der Waals surface area (Å²) < 4.78 is 4.86. The molecule has 1 aromatic rings. The van der Waals surface area contributed by atoms with Crippen molar-refractivity contribution in [3.8, 4) is 0 Å². The van der Waals surface area contributed by atoms with Gasteiger partial charge in [-0.1, -0.05) is 37.6 Å². The number of hydrogen-bond acceptors (Lipinski definition) is 2. The monoisotopic (exact) mass is 246 g/mol. The first kappa shape index (κ1) is 14.5. The lowest BCUT2D eigenvalue weighted by Gasteiger charge is -2.07. The SMILES string of the molecule is CCOC(=O)/C=C/c1cc(C)cc(CC(C)C)c1. The molecule has 0 aliphatic carbocycles. The van der Waals surface area contributed by atoms with E-state index in [4.69, 9.17) is 4.74 Å². The topological polar surface area (TPSA) is 26.3 Å². The maximum absolute atomic E-state index is 11.3. The first-order chi connectivity index (χ1) is 8.51. The number of aryl methyl sites for hydroxylation is 1. The third kappa shape index (κ3) is 5.17. The molecule has 0 aliphatic rings. The Morgan fingerprint density at radius 1 is 1.33 bits per heavy atom. The molecule has 0 saturated carbocycles. The van der Waals surface area contributed by atoms with Crippen molar-refractivity contribution in [1.29, 1.82) is 0 Å². The normalized spacial score (nSPS) is 11.2. The van der Waals surface area contributed by atoms with Gasteiger partial charge >= 0.3 is 5.97 Å². The Hall–Kier alpha value is -1.57. The minimum atomic E-state index is -0.288. The number of carbonyl (C=O) groups excluding carboxylic acids is 1. The van der Waals surface area contributed by atoms with Crippen LogP contribution in [-0.2, 0) is 16.0 Å². The summed E-state index contributed by atoms with van der Waals surface area (Å²) >= 11 is 0. The van der Waals surface area contributed by atoms with Gasteiger partial charge in [0.2, 0.25) is 0 Å². The van der Waals surface area contributed by atoms with Gasteiger partial charge in [-0.05, 0) is 43.4 Å². The Labute approximate surface area is 110 Å². The second-order valence-corrected chi connectivity index (χ2v) is 4.94. The summed E-state index contributed by atoms with van der Waals surface area (Å²) in [5.41, 5.74) is 3.59. The smallest absolute Gasteiger partial charge is 0.330 e. The van der Waals surface area contributed by atoms with Gasteiger partial charge in [-0.3, -0.25) is 0 Å². The van der Waals surface area contributed by atoms with Gasteiger partial charge in [0.15, 0.2) is 0 Å². The molecule has 0 N–H and O–H groups in total. The van der Waals surface area contributed by atoms with Crippen molar-refractivity contribution < 1.29 is 9.53 Å². The van der Waals surface area contributed by atoms with E-state index in [0.717, 1.165) is 12.0 Å². The van der Waals surface area contributed by atoms with Gasteiger partial charge in [0.25, 0.3) is 0 Å². The Morgan fingerprint density at radius 2 is 2.06 bits per heavy atom. The molecule has 2 heteroatoms. The molecule has 2 nitrogen and oxygen atoms in total. The quantitative estimate of drug-likeness (QED) is 0.584. The van der Waals surface area contributed by atoms with Crippen LogP contribution in [0.25, 0.3) is 6.08 Å². The molecule has 0 unspecified atom stereocenters. The number of rotatable bonds is 5. The van der Waals surface area contributed by atoms with Gasteiger partial charge in [0, 0.05) is 6.08 Å². The number of ether oxygens (including phenoxy) is 1. The average Bonchev–Trinajstić information content (AvgIpc) is 2.25. The molecule has 0 bridgehead atoms. The third-order valence-corrected chi connectivity index (χ3v) is 2.50. The molecule has 0 radical (unpaired) electrons. The first-order valence-electron chi connectivity index (χ1n) is 6.46. The second-order valence-electron chi connectivity index (χ2n) is 4.94. The highest BCUT2D eigenvalue weighted by molar-refractivity contribution is 5.87. The Balaban J connectivity index is 2.82. The predicted molar refractivity (Wildman–Crippen MR) is 75.4 cm³/mol. The van der Waals surface area contributed by atoms with Crippen molar-refractivity contribution in [2.75, 3.05) is 6.61 Å². The molecule has 98 valence electrons. The first-order valence-corrected chi connectivity index (χ1v) is 6.46.